The standard InChI is InChI=1S/C21H20ClF2N5O2S/c22-13-7-17-18(10-25)20(29(21(17)27-11-13)15-3-1-2-4-15)19-6-5-16(12-26-19)32(30,31)28-14(8-23)9-24/h5-7,11-12,14-15,28H,1-4,8-9H2. The number of hydrogen-bond acceptors (Lipinski definition) is 5. The van der Waals surface area contributed by atoms with Crippen LogP contribution in [0.15, 0.2) is 35.5 Å². The molecule has 0 radical (unpaired) electrons. The van der Waals surface area contributed by atoms with Crippen molar-refractivity contribution in [1.29, 1.82) is 5.26 Å². The van der Waals surface area contributed by atoms with Crippen LogP contribution in [0.3, 0.4) is 0 Å². The first-order valence-electron chi connectivity index (χ1n) is 10.1. The molecule has 7 nitrogen and oxygen atoms in total. The normalized spacial score (nSPS) is 15.0. The van der Waals surface area contributed by atoms with Gasteiger partial charge in [0.1, 0.15) is 30.0 Å². The number of rotatable bonds is 7. The van der Waals surface area contributed by atoms with Crippen LogP contribution in [0.5, 0.6) is 0 Å². The Hall–Kier alpha value is -2.61. The van der Waals surface area contributed by atoms with Gasteiger partial charge in [0, 0.05) is 23.8 Å². The zero-order valence-electron chi connectivity index (χ0n) is 16.9. The average Bonchev–Trinajstić information content (AvgIpc) is 3.43. The third-order valence-electron chi connectivity index (χ3n) is 5.59. The summed E-state index contributed by atoms with van der Waals surface area (Å²) < 4.78 is 54.3. The highest BCUT2D eigenvalue weighted by molar-refractivity contribution is 7.89. The van der Waals surface area contributed by atoms with Gasteiger partial charge in [-0.2, -0.15) is 5.26 Å². The molecule has 0 atom stereocenters. The highest BCUT2D eigenvalue weighted by Gasteiger charge is 2.28. The molecule has 32 heavy (non-hydrogen) atoms. The van der Waals surface area contributed by atoms with Gasteiger partial charge in [0.05, 0.1) is 28.0 Å². The van der Waals surface area contributed by atoms with Crippen molar-refractivity contribution in [2.24, 2.45) is 0 Å². The molecule has 4 rings (SSSR count). The Balaban J connectivity index is 1.83. The lowest BCUT2D eigenvalue weighted by atomic mass is 10.1. The molecule has 11 heteroatoms. The first kappa shape index (κ1) is 22.6. The molecule has 1 aliphatic rings. The van der Waals surface area contributed by atoms with Gasteiger partial charge >= 0.3 is 0 Å². The molecule has 0 bridgehead atoms. The van der Waals surface area contributed by atoms with E-state index in [0.29, 0.717) is 33.0 Å². The second-order valence-electron chi connectivity index (χ2n) is 7.67. The van der Waals surface area contributed by atoms with Crippen molar-refractivity contribution in [3.8, 4) is 17.5 Å². The minimum atomic E-state index is -4.15. The third-order valence-corrected chi connectivity index (χ3v) is 7.31. The molecule has 1 fully saturated rings. The molecular weight excluding hydrogens is 460 g/mol. The Bertz CT molecular complexity index is 1280. The maximum Gasteiger partial charge on any atom is 0.242 e. The van der Waals surface area contributed by atoms with Crippen molar-refractivity contribution < 1.29 is 17.2 Å². The Labute approximate surface area is 189 Å². The molecule has 0 unspecified atom stereocenters. The van der Waals surface area contributed by atoms with Crippen LogP contribution in [0.1, 0.15) is 37.3 Å². The van der Waals surface area contributed by atoms with E-state index in [0.717, 1.165) is 31.9 Å². The summed E-state index contributed by atoms with van der Waals surface area (Å²) in [5.74, 6) is 0. The van der Waals surface area contributed by atoms with Gasteiger partial charge in [-0.05, 0) is 31.0 Å². The van der Waals surface area contributed by atoms with Crippen molar-refractivity contribution in [2.75, 3.05) is 13.3 Å². The van der Waals surface area contributed by atoms with Crippen molar-refractivity contribution in [3.05, 3.63) is 41.2 Å². The number of alkyl halides is 2. The van der Waals surface area contributed by atoms with Crippen LogP contribution < -0.4 is 4.72 Å². The van der Waals surface area contributed by atoms with Gasteiger partial charge in [-0.15, -0.1) is 0 Å². The highest BCUT2D eigenvalue weighted by atomic mass is 35.5. The van der Waals surface area contributed by atoms with E-state index in [9.17, 15) is 22.5 Å². The molecule has 168 valence electrons. The van der Waals surface area contributed by atoms with Gasteiger partial charge in [0.15, 0.2) is 0 Å². The quantitative estimate of drug-likeness (QED) is 0.543. The van der Waals surface area contributed by atoms with E-state index in [-0.39, 0.29) is 10.9 Å². The number of sulfonamides is 1. The zero-order chi connectivity index (χ0) is 22.9. The molecule has 1 N–H and O–H groups in total. The van der Waals surface area contributed by atoms with Gasteiger partial charge in [-0.25, -0.2) is 26.9 Å². The fourth-order valence-corrected chi connectivity index (χ4v) is 5.41. The first-order chi connectivity index (χ1) is 15.4. The lowest BCUT2D eigenvalue weighted by Crippen LogP contribution is -2.37. The number of aromatic nitrogens is 3. The average molecular weight is 480 g/mol. The zero-order valence-corrected chi connectivity index (χ0v) is 18.5. The maximum absolute atomic E-state index is 12.8. The number of nitrogens with one attached hydrogen (secondary N) is 1. The van der Waals surface area contributed by atoms with E-state index < -0.39 is 29.4 Å². The summed E-state index contributed by atoms with van der Waals surface area (Å²) >= 11 is 6.13. The molecule has 3 heterocycles. The van der Waals surface area contributed by atoms with E-state index in [1.165, 1.54) is 18.3 Å². The number of fused-ring (bicyclic) bond motifs is 1. The molecule has 0 amide bonds. The minimum Gasteiger partial charge on any atom is -0.320 e. The van der Waals surface area contributed by atoms with E-state index in [1.807, 2.05) is 9.29 Å². The van der Waals surface area contributed by atoms with E-state index >= 15 is 0 Å². The van der Waals surface area contributed by atoms with Gasteiger partial charge in [0.2, 0.25) is 10.0 Å². The fraction of sp³-hybridized carbons (Fsp3) is 0.381. The molecule has 1 saturated carbocycles. The summed E-state index contributed by atoms with van der Waals surface area (Å²) in [6.07, 6.45) is 6.61. The number of nitriles is 1. The number of halogens is 3. The predicted molar refractivity (Wildman–Crippen MR) is 116 cm³/mol. The highest BCUT2D eigenvalue weighted by Crippen LogP contribution is 2.40. The van der Waals surface area contributed by atoms with E-state index in [4.69, 9.17) is 11.6 Å². The third kappa shape index (κ3) is 4.08. The fourth-order valence-electron chi connectivity index (χ4n) is 4.12. The van der Waals surface area contributed by atoms with Crippen LogP contribution in [0, 0.1) is 11.3 Å². The van der Waals surface area contributed by atoms with Crippen LogP contribution in [-0.2, 0) is 10.0 Å². The van der Waals surface area contributed by atoms with Gasteiger partial charge in [0.25, 0.3) is 0 Å². The maximum atomic E-state index is 12.8. The van der Waals surface area contributed by atoms with Crippen molar-refractivity contribution in [1.82, 2.24) is 19.3 Å². The summed E-state index contributed by atoms with van der Waals surface area (Å²) in [6.45, 7) is -2.33. The van der Waals surface area contributed by atoms with Crippen LogP contribution in [-0.4, -0.2) is 42.3 Å². The lowest BCUT2D eigenvalue weighted by molar-refractivity contribution is 0.334. The topological polar surface area (TPSA) is 101 Å². The number of nitrogens with zero attached hydrogens (tertiary/aromatic N) is 4. The smallest absolute Gasteiger partial charge is 0.242 e. The summed E-state index contributed by atoms with van der Waals surface area (Å²) in [7, 11) is -4.15. The summed E-state index contributed by atoms with van der Waals surface area (Å²) in [5, 5.41) is 10.9. The molecule has 0 saturated heterocycles. The van der Waals surface area contributed by atoms with Crippen molar-refractivity contribution >= 4 is 32.7 Å². The van der Waals surface area contributed by atoms with Crippen LogP contribution in [0.2, 0.25) is 5.02 Å². The molecule has 0 spiro atoms. The number of hydrogen-bond donors (Lipinski definition) is 1. The van der Waals surface area contributed by atoms with E-state index in [2.05, 4.69) is 16.0 Å². The van der Waals surface area contributed by atoms with Crippen LogP contribution in [0.25, 0.3) is 22.4 Å². The largest absolute Gasteiger partial charge is 0.320 e. The Morgan fingerprint density at radius 2 is 1.94 bits per heavy atom. The van der Waals surface area contributed by atoms with Crippen molar-refractivity contribution in [2.45, 2.75) is 42.7 Å². The second kappa shape index (κ2) is 9.10. The molecule has 3 aromatic rings. The van der Waals surface area contributed by atoms with Gasteiger partial charge < -0.3 is 4.57 Å². The molecule has 1 aliphatic carbocycles. The SMILES string of the molecule is N#Cc1c(-c2ccc(S(=O)(=O)NC(CF)CF)cn2)n(C2CCCC2)c2ncc(Cl)cc12. The van der Waals surface area contributed by atoms with E-state index in [1.54, 1.807) is 6.07 Å². The van der Waals surface area contributed by atoms with Gasteiger partial charge in [-0.3, -0.25) is 4.98 Å². The van der Waals surface area contributed by atoms with Crippen LogP contribution in [0.4, 0.5) is 8.78 Å². The summed E-state index contributed by atoms with van der Waals surface area (Å²) in [6, 6.07) is 5.37. The first-order valence-corrected chi connectivity index (χ1v) is 12.0. The summed E-state index contributed by atoms with van der Waals surface area (Å²) in [5.41, 5.74) is 1.93. The van der Waals surface area contributed by atoms with Gasteiger partial charge in [-0.1, -0.05) is 24.4 Å². The summed E-state index contributed by atoms with van der Waals surface area (Å²) in [4.78, 5) is 8.53. The molecular formula is C21H20ClF2N5O2S. The van der Waals surface area contributed by atoms with Crippen LogP contribution >= 0.6 is 11.6 Å². The Morgan fingerprint density at radius 1 is 1.22 bits per heavy atom. The Kier molecular flexibility index (Phi) is 6.42. The minimum absolute atomic E-state index is 0.130. The lowest BCUT2D eigenvalue weighted by Gasteiger charge is -2.17. The second-order valence-corrected chi connectivity index (χ2v) is 9.82. The molecule has 0 aromatic carbocycles. The number of pyridine rings is 2. The molecule has 3 aromatic heterocycles. The predicted octanol–water partition coefficient (Wildman–Crippen LogP) is 4.32. The molecule has 0 aliphatic heterocycles. The Morgan fingerprint density at radius 3 is 2.53 bits per heavy atom. The van der Waals surface area contributed by atoms with Crippen molar-refractivity contribution in [3.63, 3.8) is 0 Å². The monoisotopic (exact) mass is 479 g/mol.